The van der Waals surface area contributed by atoms with Crippen molar-refractivity contribution in [3.05, 3.63) is 87.7 Å². The third-order valence-corrected chi connectivity index (χ3v) is 5.65. The Balaban J connectivity index is 1.70. The summed E-state index contributed by atoms with van der Waals surface area (Å²) in [5, 5.41) is 0. The van der Waals surface area contributed by atoms with Gasteiger partial charge in [0.15, 0.2) is 5.78 Å². The van der Waals surface area contributed by atoms with Crippen LogP contribution in [0.1, 0.15) is 21.5 Å². The van der Waals surface area contributed by atoms with Crippen molar-refractivity contribution in [2.24, 2.45) is 7.05 Å². The largest absolute Gasteiger partial charge is 0.378 e. The second-order valence-electron chi connectivity index (χ2n) is 7.71. The number of Topliss-reactive ketones (excluding diaryl/α,β-unsaturated/α-hetero) is 1. The summed E-state index contributed by atoms with van der Waals surface area (Å²) in [5.41, 5.74) is 4.38. The smallest absolute Gasteiger partial charge is 0.252 e. The van der Waals surface area contributed by atoms with Crippen LogP contribution in [0.15, 0.2) is 65.5 Å². The highest BCUT2D eigenvalue weighted by atomic mass is 16.5. The first-order valence-corrected chi connectivity index (χ1v) is 10.2. The molecule has 0 atom stereocenters. The number of ketones is 1. The molecule has 0 amide bonds. The lowest BCUT2D eigenvalue weighted by Crippen LogP contribution is -2.39. The van der Waals surface area contributed by atoms with E-state index >= 15 is 0 Å². The molecule has 2 aromatic carbocycles. The van der Waals surface area contributed by atoms with Crippen molar-refractivity contribution in [3.8, 4) is 11.1 Å². The number of aryl methyl sites for hydroxylation is 1. The maximum atomic E-state index is 12.9. The van der Waals surface area contributed by atoms with Crippen LogP contribution in [-0.4, -0.2) is 36.7 Å². The van der Waals surface area contributed by atoms with Crippen molar-refractivity contribution in [2.75, 3.05) is 31.2 Å². The number of aromatic nitrogens is 1. The number of ether oxygens (including phenoxy) is 1. The van der Waals surface area contributed by atoms with Crippen molar-refractivity contribution in [1.82, 2.24) is 4.57 Å². The fourth-order valence-electron chi connectivity index (χ4n) is 3.86. The first-order valence-electron chi connectivity index (χ1n) is 10.2. The summed E-state index contributed by atoms with van der Waals surface area (Å²) in [6.45, 7) is 4.82. The third-order valence-electron chi connectivity index (χ3n) is 5.65. The second kappa shape index (κ2) is 8.67. The van der Waals surface area contributed by atoms with E-state index in [9.17, 15) is 9.59 Å². The van der Waals surface area contributed by atoms with Crippen LogP contribution in [-0.2, 0) is 18.2 Å². The Kier molecular flexibility index (Phi) is 5.81. The van der Waals surface area contributed by atoms with Crippen LogP contribution < -0.4 is 10.5 Å². The number of morpholine rings is 1. The molecule has 0 bridgehead atoms. The molecule has 154 valence electrons. The molecule has 0 spiro atoms. The molecule has 0 saturated carbocycles. The number of pyridine rings is 1. The molecule has 1 saturated heterocycles. The molecule has 0 N–H and O–H groups in total. The zero-order valence-electron chi connectivity index (χ0n) is 17.4. The molecule has 30 heavy (non-hydrogen) atoms. The van der Waals surface area contributed by atoms with Crippen LogP contribution in [0.2, 0.25) is 0 Å². The lowest BCUT2D eigenvalue weighted by Gasteiger charge is -2.30. The average molecular weight is 402 g/mol. The highest BCUT2D eigenvalue weighted by Crippen LogP contribution is 2.27. The molecule has 1 aliphatic heterocycles. The lowest BCUT2D eigenvalue weighted by molar-refractivity contribution is 0.0993. The van der Waals surface area contributed by atoms with Gasteiger partial charge in [0.05, 0.1) is 13.2 Å². The first-order chi connectivity index (χ1) is 14.5. The minimum absolute atomic E-state index is 0.0607. The quantitative estimate of drug-likeness (QED) is 0.612. The van der Waals surface area contributed by atoms with E-state index in [1.165, 1.54) is 0 Å². The number of benzene rings is 2. The minimum atomic E-state index is -0.0607. The topological polar surface area (TPSA) is 51.5 Å². The highest BCUT2D eigenvalue weighted by molar-refractivity contribution is 5.98. The maximum absolute atomic E-state index is 12.9. The Bertz CT molecular complexity index is 1110. The minimum Gasteiger partial charge on any atom is -0.378 e. The van der Waals surface area contributed by atoms with Gasteiger partial charge in [-0.15, -0.1) is 0 Å². The Morgan fingerprint density at radius 3 is 2.47 bits per heavy atom. The van der Waals surface area contributed by atoms with Gasteiger partial charge in [-0.1, -0.05) is 42.5 Å². The monoisotopic (exact) mass is 402 g/mol. The van der Waals surface area contributed by atoms with E-state index in [1.54, 1.807) is 17.7 Å². The normalized spacial score (nSPS) is 14.0. The Hall–Kier alpha value is -3.18. The number of hydrogen-bond acceptors (Lipinski definition) is 4. The summed E-state index contributed by atoms with van der Waals surface area (Å²) in [7, 11) is 1.80. The summed E-state index contributed by atoms with van der Waals surface area (Å²) in [6.07, 6.45) is 0.360. The van der Waals surface area contributed by atoms with Crippen LogP contribution in [0.5, 0.6) is 0 Å². The molecule has 5 heteroatoms. The highest BCUT2D eigenvalue weighted by Gasteiger charge is 2.17. The van der Waals surface area contributed by atoms with E-state index in [-0.39, 0.29) is 11.3 Å². The third kappa shape index (κ3) is 4.21. The Morgan fingerprint density at radius 1 is 1.00 bits per heavy atom. The average Bonchev–Trinajstić information content (AvgIpc) is 2.77. The molecule has 2 heterocycles. The van der Waals surface area contributed by atoms with Crippen LogP contribution in [0, 0.1) is 6.92 Å². The molecular weight excluding hydrogens is 376 g/mol. The predicted octanol–water partition coefficient (Wildman–Crippen LogP) is 3.62. The maximum Gasteiger partial charge on any atom is 0.252 e. The van der Waals surface area contributed by atoms with Crippen LogP contribution in [0.25, 0.3) is 11.1 Å². The SMILES string of the molecule is Cc1ccc(C(=O)Cc2ccccc2)cc1-c1cc(N2CCOCC2)n(C)c(=O)c1. The number of anilines is 1. The summed E-state index contributed by atoms with van der Waals surface area (Å²) in [4.78, 5) is 27.7. The van der Waals surface area contributed by atoms with Crippen molar-refractivity contribution in [1.29, 1.82) is 0 Å². The standard InChI is InChI=1S/C25H26N2O3/c1-18-8-9-20(23(28)14-19-6-4-3-5-7-19)15-22(18)21-16-24(26(2)25(29)17-21)27-10-12-30-13-11-27/h3-9,15-17H,10-14H2,1-2H3. The summed E-state index contributed by atoms with van der Waals surface area (Å²) < 4.78 is 7.12. The predicted molar refractivity (Wildman–Crippen MR) is 119 cm³/mol. The van der Waals surface area contributed by atoms with Gasteiger partial charge in [0, 0.05) is 38.2 Å². The zero-order valence-corrected chi connectivity index (χ0v) is 17.4. The molecule has 0 aliphatic carbocycles. The van der Waals surface area contributed by atoms with Crippen molar-refractivity contribution >= 4 is 11.6 Å². The van der Waals surface area contributed by atoms with Crippen molar-refractivity contribution in [3.63, 3.8) is 0 Å². The molecule has 3 aromatic rings. The molecule has 4 rings (SSSR count). The molecule has 0 unspecified atom stereocenters. The van der Waals surface area contributed by atoms with E-state index in [1.807, 2.05) is 61.5 Å². The number of nitrogens with zero attached hydrogens (tertiary/aromatic N) is 2. The fraction of sp³-hybridized carbons (Fsp3) is 0.280. The zero-order chi connectivity index (χ0) is 21.1. The van der Waals surface area contributed by atoms with Crippen molar-refractivity contribution < 1.29 is 9.53 Å². The number of carbonyl (C=O) groups excluding carboxylic acids is 1. The van der Waals surface area contributed by atoms with Gasteiger partial charge in [0.2, 0.25) is 0 Å². The molecule has 0 radical (unpaired) electrons. The van der Waals surface area contributed by atoms with Gasteiger partial charge in [0.25, 0.3) is 5.56 Å². The molecule has 1 aromatic heterocycles. The second-order valence-corrected chi connectivity index (χ2v) is 7.71. The van der Waals surface area contributed by atoms with Gasteiger partial charge >= 0.3 is 0 Å². The van der Waals surface area contributed by atoms with Crippen molar-refractivity contribution in [2.45, 2.75) is 13.3 Å². The number of hydrogen-bond donors (Lipinski definition) is 0. The summed E-state index contributed by atoms with van der Waals surface area (Å²) >= 11 is 0. The van der Waals surface area contributed by atoms with Gasteiger partial charge in [-0.25, -0.2) is 0 Å². The number of carbonyl (C=O) groups is 1. The van der Waals surface area contributed by atoms with E-state index in [0.717, 1.165) is 41.2 Å². The van der Waals surface area contributed by atoms with E-state index < -0.39 is 0 Å². The molecular formula is C25H26N2O3. The van der Waals surface area contributed by atoms with Gasteiger partial charge in [0.1, 0.15) is 5.82 Å². The van der Waals surface area contributed by atoms with E-state index in [4.69, 9.17) is 4.74 Å². The summed E-state index contributed by atoms with van der Waals surface area (Å²) in [5.74, 6) is 0.945. The van der Waals surface area contributed by atoms with Gasteiger partial charge in [-0.3, -0.25) is 14.2 Å². The number of rotatable bonds is 5. The van der Waals surface area contributed by atoms with E-state index in [2.05, 4.69) is 4.90 Å². The lowest BCUT2D eigenvalue weighted by atomic mass is 9.95. The fourth-order valence-corrected chi connectivity index (χ4v) is 3.86. The summed E-state index contributed by atoms with van der Waals surface area (Å²) in [6, 6.07) is 19.2. The van der Waals surface area contributed by atoms with Crippen LogP contribution >= 0.6 is 0 Å². The van der Waals surface area contributed by atoms with Crippen LogP contribution in [0.4, 0.5) is 5.82 Å². The molecule has 5 nitrogen and oxygen atoms in total. The molecule has 1 fully saturated rings. The Labute approximate surface area is 176 Å². The first kappa shape index (κ1) is 20.1. The van der Waals surface area contributed by atoms with Crippen LogP contribution in [0.3, 0.4) is 0 Å². The molecule has 1 aliphatic rings. The Morgan fingerprint density at radius 2 is 1.73 bits per heavy atom. The van der Waals surface area contributed by atoms with E-state index in [0.29, 0.717) is 25.2 Å². The van der Waals surface area contributed by atoms with Gasteiger partial charge in [-0.2, -0.15) is 0 Å². The van der Waals surface area contributed by atoms with Gasteiger partial charge in [-0.05, 0) is 41.3 Å². The van der Waals surface area contributed by atoms with Gasteiger partial charge < -0.3 is 9.64 Å².